The molecule has 2 atom stereocenters. The lowest BCUT2D eigenvalue weighted by Gasteiger charge is -2.40. The van der Waals surface area contributed by atoms with Gasteiger partial charge in [-0.2, -0.15) is 5.10 Å². The molecular weight excluding hydrogens is 282 g/mol. The van der Waals surface area contributed by atoms with Crippen molar-refractivity contribution in [3.63, 3.8) is 0 Å². The summed E-state index contributed by atoms with van der Waals surface area (Å²) >= 11 is 0. The molecule has 6 heteroatoms. The fraction of sp³-hybridized carbons (Fsp3) is 0.750. The summed E-state index contributed by atoms with van der Waals surface area (Å²) in [5, 5.41) is 17.1. The number of carbonyl (C=O) groups is 1. The first-order valence-corrected chi connectivity index (χ1v) is 8.19. The summed E-state index contributed by atoms with van der Waals surface area (Å²) < 4.78 is 7.82. The number of aromatic nitrogens is 2. The molecule has 2 fully saturated rings. The van der Waals surface area contributed by atoms with Crippen molar-refractivity contribution in [3.8, 4) is 5.75 Å². The molecule has 1 heterocycles. The number of aryl methyl sites for hydroxylation is 1. The van der Waals surface area contributed by atoms with Gasteiger partial charge in [-0.1, -0.05) is 0 Å². The van der Waals surface area contributed by atoms with Crippen LogP contribution in [-0.4, -0.2) is 38.5 Å². The Morgan fingerprint density at radius 2 is 2.32 bits per heavy atom. The minimum Gasteiger partial charge on any atom is -0.485 e. The number of ether oxygens (including phenoxy) is 1. The topological polar surface area (TPSA) is 76.4 Å². The van der Waals surface area contributed by atoms with Crippen molar-refractivity contribution in [3.05, 3.63) is 12.4 Å². The zero-order valence-electron chi connectivity index (χ0n) is 13.3. The standard InChI is InChI=1S/C16H25N3O3/c1-3-19-10-12(9-17-19)22-14-6-4-5-13(14)18-15(20)11-7-16(2,21)8-11/h9-11,13-14,21H,3-8H2,1-2H3,(H,18,20)/t11?,13-,14+,16?/m0/s1. The normalized spacial score (nSPS) is 34.2. The van der Waals surface area contributed by atoms with Crippen LogP contribution in [-0.2, 0) is 11.3 Å². The second kappa shape index (κ2) is 5.91. The second-order valence-corrected chi connectivity index (χ2v) is 6.84. The van der Waals surface area contributed by atoms with Gasteiger partial charge in [-0.05, 0) is 46.0 Å². The molecule has 0 aliphatic heterocycles. The maximum Gasteiger partial charge on any atom is 0.223 e. The summed E-state index contributed by atoms with van der Waals surface area (Å²) in [5.41, 5.74) is -0.664. The van der Waals surface area contributed by atoms with Gasteiger partial charge in [0.15, 0.2) is 5.75 Å². The van der Waals surface area contributed by atoms with Gasteiger partial charge in [0.05, 0.1) is 24.0 Å². The maximum absolute atomic E-state index is 12.2. The Balaban J connectivity index is 1.53. The predicted molar refractivity (Wildman–Crippen MR) is 81.4 cm³/mol. The first-order valence-electron chi connectivity index (χ1n) is 8.19. The summed E-state index contributed by atoms with van der Waals surface area (Å²) in [6, 6.07) is 0.0584. The Bertz CT molecular complexity index is 532. The zero-order chi connectivity index (χ0) is 15.7. The lowest BCUT2D eigenvalue weighted by Crippen LogP contribution is -2.52. The van der Waals surface area contributed by atoms with Gasteiger partial charge in [0.2, 0.25) is 5.91 Å². The van der Waals surface area contributed by atoms with Crippen molar-refractivity contribution < 1.29 is 14.6 Å². The average Bonchev–Trinajstić information content (AvgIpc) is 3.06. The molecule has 2 N–H and O–H groups in total. The SMILES string of the molecule is CCn1cc(O[C@@H]2CCC[C@@H]2NC(=O)C2CC(C)(O)C2)cn1. The lowest BCUT2D eigenvalue weighted by molar-refractivity contribution is -0.140. The molecule has 122 valence electrons. The minimum atomic E-state index is -0.664. The Morgan fingerprint density at radius 1 is 1.55 bits per heavy atom. The van der Waals surface area contributed by atoms with Crippen LogP contribution in [0.15, 0.2) is 12.4 Å². The van der Waals surface area contributed by atoms with E-state index < -0.39 is 5.60 Å². The van der Waals surface area contributed by atoms with E-state index >= 15 is 0 Å². The molecule has 1 aromatic heterocycles. The number of amides is 1. The van der Waals surface area contributed by atoms with Gasteiger partial charge in [0.1, 0.15) is 6.10 Å². The molecule has 22 heavy (non-hydrogen) atoms. The van der Waals surface area contributed by atoms with E-state index in [1.54, 1.807) is 13.1 Å². The highest BCUT2D eigenvalue weighted by atomic mass is 16.5. The van der Waals surface area contributed by atoms with E-state index in [0.29, 0.717) is 12.8 Å². The van der Waals surface area contributed by atoms with Crippen LogP contribution in [0.4, 0.5) is 0 Å². The highest BCUT2D eigenvalue weighted by Gasteiger charge is 2.43. The van der Waals surface area contributed by atoms with Crippen LogP contribution in [0, 0.1) is 5.92 Å². The van der Waals surface area contributed by atoms with Crippen LogP contribution in [0.25, 0.3) is 0 Å². The van der Waals surface area contributed by atoms with Gasteiger partial charge in [-0.3, -0.25) is 9.48 Å². The molecule has 1 aromatic rings. The van der Waals surface area contributed by atoms with Crippen molar-refractivity contribution in [2.24, 2.45) is 5.92 Å². The van der Waals surface area contributed by atoms with Crippen molar-refractivity contribution in [1.29, 1.82) is 0 Å². The maximum atomic E-state index is 12.2. The van der Waals surface area contributed by atoms with Crippen LogP contribution in [0.5, 0.6) is 5.75 Å². The van der Waals surface area contributed by atoms with Crippen LogP contribution in [0.2, 0.25) is 0 Å². The highest BCUT2D eigenvalue weighted by Crippen LogP contribution is 2.37. The van der Waals surface area contributed by atoms with Crippen molar-refractivity contribution in [2.45, 2.75) is 70.2 Å². The molecule has 0 aromatic carbocycles. The molecule has 0 bridgehead atoms. The van der Waals surface area contributed by atoms with Gasteiger partial charge in [-0.25, -0.2) is 0 Å². The summed E-state index contributed by atoms with van der Waals surface area (Å²) in [4.78, 5) is 12.2. The van der Waals surface area contributed by atoms with E-state index in [4.69, 9.17) is 4.74 Å². The number of aliphatic hydroxyl groups is 1. The molecule has 0 spiro atoms. The molecule has 0 radical (unpaired) electrons. The Kier molecular flexibility index (Phi) is 4.12. The number of hydrogen-bond donors (Lipinski definition) is 2. The minimum absolute atomic E-state index is 0.0130. The van der Waals surface area contributed by atoms with E-state index in [9.17, 15) is 9.90 Å². The third kappa shape index (κ3) is 3.27. The third-order valence-corrected chi connectivity index (χ3v) is 4.74. The van der Waals surface area contributed by atoms with Crippen LogP contribution < -0.4 is 10.1 Å². The summed E-state index contributed by atoms with van der Waals surface area (Å²) in [6.45, 7) is 4.63. The summed E-state index contributed by atoms with van der Waals surface area (Å²) in [7, 11) is 0. The molecule has 1 amide bonds. The molecular formula is C16H25N3O3. The smallest absolute Gasteiger partial charge is 0.223 e. The molecule has 6 nitrogen and oxygen atoms in total. The highest BCUT2D eigenvalue weighted by molar-refractivity contribution is 5.80. The molecule has 0 unspecified atom stereocenters. The predicted octanol–water partition coefficient (Wildman–Crippen LogP) is 1.48. The van der Waals surface area contributed by atoms with Crippen LogP contribution in [0.3, 0.4) is 0 Å². The largest absolute Gasteiger partial charge is 0.485 e. The first-order chi connectivity index (χ1) is 10.5. The fourth-order valence-electron chi connectivity index (χ4n) is 3.47. The van der Waals surface area contributed by atoms with Gasteiger partial charge in [0.25, 0.3) is 0 Å². The Hall–Kier alpha value is -1.56. The number of hydrogen-bond acceptors (Lipinski definition) is 4. The number of carbonyl (C=O) groups excluding carboxylic acids is 1. The molecule has 0 saturated heterocycles. The van der Waals surface area contributed by atoms with Crippen molar-refractivity contribution in [2.75, 3.05) is 0 Å². The van der Waals surface area contributed by atoms with E-state index in [2.05, 4.69) is 10.4 Å². The summed E-state index contributed by atoms with van der Waals surface area (Å²) in [6.07, 6.45) is 7.69. The van der Waals surface area contributed by atoms with Crippen molar-refractivity contribution in [1.82, 2.24) is 15.1 Å². The second-order valence-electron chi connectivity index (χ2n) is 6.84. The molecule has 2 aliphatic carbocycles. The van der Waals surface area contributed by atoms with Gasteiger partial charge < -0.3 is 15.2 Å². The van der Waals surface area contributed by atoms with Gasteiger partial charge in [0, 0.05) is 12.5 Å². The quantitative estimate of drug-likeness (QED) is 0.864. The first kappa shape index (κ1) is 15.3. The van der Waals surface area contributed by atoms with E-state index in [1.807, 2.05) is 17.8 Å². The van der Waals surface area contributed by atoms with Gasteiger partial charge >= 0.3 is 0 Å². The van der Waals surface area contributed by atoms with E-state index in [0.717, 1.165) is 31.6 Å². The third-order valence-electron chi connectivity index (χ3n) is 4.74. The van der Waals surface area contributed by atoms with Crippen LogP contribution >= 0.6 is 0 Å². The summed E-state index contributed by atoms with van der Waals surface area (Å²) in [5.74, 6) is 0.759. The average molecular weight is 307 g/mol. The monoisotopic (exact) mass is 307 g/mol. The molecule has 2 aliphatic rings. The number of nitrogens with one attached hydrogen (secondary N) is 1. The van der Waals surface area contributed by atoms with Crippen LogP contribution in [0.1, 0.15) is 46.0 Å². The fourth-order valence-corrected chi connectivity index (χ4v) is 3.47. The van der Waals surface area contributed by atoms with Crippen molar-refractivity contribution >= 4 is 5.91 Å². The lowest BCUT2D eigenvalue weighted by atomic mass is 9.71. The number of rotatable bonds is 5. The van der Waals surface area contributed by atoms with E-state index in [1.165, 1.54) is 0 Å². The van der Waals surface area contributed by atoms with E-state index in [-0.39, 0.29) is 24.0 Å². The molecule has 2 saturated carbocycles. The zero-order valence-corrected chi connectivity index (χ0v) is 13.3. The molecule has 3 rings (SSSR count). The van der Waals surface area contributed by atoms with Gasteiger partial charge in [-0.15, -0.1) is 0 Å². The number of nitrogens with zero attached hydrogens (tertiary/aromatic N) is 2. The Morgan fingerprint density at radius 3 is 2.95 bits per heavy atom. The Labute approximate surface area is 130 Å².